The molecule has 0 bridgehead atoms. The van der Waals surface area contributed by atoms with Gasteiger partial charge >= 0.3 is 5.97 Å². The van der Waals surface area contributed by atoms with Crippen LogP contribution in [0.25, 0.3) is 10.4 Å². The smallest absolute Gasteiger partial charge is 0.338 e. The number of hydrogen-bond donors (Lipinski definition) is 0. The summed E-state index contributed by atoms with van der Waals surface area (Å²) in [7, 11) is 0. The number of rotatable bonds is 4. The molecule has 0 fully saturated rings. The summed E-state index contributed by atoms with van der Waals surface area (Å²) in [6.07, 6.45) is 0. The van der Waals surface area contributed by atoms with E-state index < -0.39 is 0 Å². The van der Waals surface area contributed by atoms with E-state index in [-0.39, 0.29) is 12.6 Å². The predicted octanol–water partition coefficient (Wildman–Crippen LogP) is 4.64. The summed E-state index contributed by atoms with van der Waals surface area (Å²) in [4.78, 5) is 13.8. The minimum atomic E-state index is -0.354. The van der Waals surface area contributed by atoms with Gasteiger partial charge in [-0.3, -0.25) is 0 Å². The second kappa shape index (κ2) is 6.91. The Hall–Kier alpha value is -2.90. The monoisotopic (exact) mass is 319 g/mol. The van der Waals surface area contributed by atoms with Crippen LogP contribution in [0, 0.1) is 11.3 Å². The van der Waals surface area contributed by atoms with Crippen LogP contribution in [0.4, 0.5) is 0 Å². The summed E-state index contributed by atoms with van der Waals surface area (Å²) in [6, 6.07) is 22.6. The van der Waals surface area contributed by atoms with Gasteiger partial charge in [-0.2, -0.15) is 5.26 Å². The summed E-state index contributed by atoms with van der Waals surface area (Å²) >= 11 is 1.40. The molecule has 2 aromatic carbocycles. The first-order valence-electron chi connectivity index (χ1n) is 7.08. The zero-order valence-electron chi connectivity index (χ0n) is 12.2. The first-order valence-corrected chi connectivity index (χ1v) is 7.89. The van der Waals surface area contributed by atoms with Crippen molar-refractivity contribution in [3.63, 3.8) is 0 Å². The Balaban J connectivity index is 1.74. The molecule has 0 atom stereocenters. The number of nitrogens with zero attached hydrogens (tertiary/aromatic N) is 1. The van der Waals surface area contributed by atoms with Gasteiger partial charge in [0.15, 0.2) is 0 Å². The summed E-state index contributed by atoms with van der Waals surface area (Å²) in [5.41, 5.74) is 2.37. The maximum absolute atomic E-state index is 12.2. The van der Waals surface area contributed by atoms with Crippen LogP contribution in [0.15, 0.2) is 66.7 Å². The molecule has 0 aliphatic rings. The Labute approximate surface area is 138 Å². The van der Waals surface area contributed by atoms with E-state index in [1.54, 1.807) is 18.2 Å². The van der Waals surface area contributed by atoms with E-state index >= 15 is 0 Å². The quantitative estimate of drug-likeness (QED) is 0.658. The van der Waals surface area contributed by atoms with E-state index in [0.29, 0.717) is 10.4 Å². The van der Waals surface area contributed by atoms with Gasteiger partial charge in [0.2, 0.25) is 0 Å². The molecule has 0 amide bonds. The van der Waals surface area contributed by atoms with Gasteiger partial charge in [0.05, 0.1) is 5.56 Å². The maximum atomic E-state index is 12.2. The second-order valence-electron chi connectivity index (χ2n) is 4.92. The van der Waals surface area contributed by atoms with Crippen molar-refractivity contribution < 1.29 is 9.53 Å². The SMILES string of the molecule is N#Cc1ccc(-c2cccc(C(=O)OCc3ccccc3)c2)s1. The van der Waals surface area contributed by atoms with Crippen LogP contribution in [0.5, 0.6) is 0 Å². The van der Waals surface area contributed by atoms with Gasteiger partial charge in [0, 0.05) is 4.88 Å². The number of ether oxygens (including phenoxy) is 1. The molecule has 0 unspecified atom stereocenters. The molecular formula is C19H13NO2S. The van der Waals surface area contributed by atoms with Crippen molar-refractivity contribution in [3.8, 4) is 16.5 Å². The van der Waals surface area contributed by atoms with Crippen LogP contribution in [-0.2, 0) is 11.3 Å². The van der Waals surface area contributed by atoms with Gasteiger partial charge in [-0.15, -0.1) is 11.3 Å². The molecule has 112 valence electrons. The molecule has 23 heavy (non-hydrogen) atoms. The van der Waals surface area contributed by atoms with Gasteiger partial charge < -0.3 is 4.74 Å². The lowest BCUT2D eigenvalue weighted by molar-refractivity contribution is 0.0473. The van der Waals surface area contributed by atoms with Gasteiger partial charge in [-0.1, -0.05) is 42.5 Å². The highest BCUT2D eigenvalue weighted by Gasteiger charge is 2.10. The molecule has 0 N–H and O–H groups in total. The van der Waals surface area contributed by atoms with E-state index in [0.717, 1.165) is 16.0 Å². The van der Waals surface area contributed by atoms with E-state index in [2.05, 4.69) is 6.07 Å². The lowest BCUT2D eigenvalue weighted by atomic mass is 10.1. The van der Waals surface area contributed by atoms with Crippen LogP contribution < -0.4 is 0 Å². The van der Waals surface area contributed by atoms with Crippen molar-refractivity contribution >= 4 is 17.3 Å². The third kappa shape index (κ3) is 3.65. The fourth-order valence-electron chi connectivity index (χ4n) is 2.16. The molecule has 0 radical (unpaired) electrons. The molecule has 3 rings (SSSR count). The standard InChI is InChI=1S/C19H13NO2S/c20-12-17-9-10-18(23-17)15-7-4-8-16(11-15)19(21)22-13-14-5-2-1-3-6-14/h1-11H,13H2. The van der Waals surface area contributed by atoms with Crippen molar-refractivity contribution in [3.05, 3.63) is 82.7 Å². The summed E-state index contributed by atoms with van der Waals surface area (Å²) in [6.45, 7) is 0.251. The van der Waals surface area contributed by atoms with Crippen LogP contribution in [0.3, 0.4) is 0 Å². The van der Waals surface area contributed by atoms with Crippen molar-refractivity contribution in [1.82, 2.24) is 0 Å². The summed E-state index contributed by atoms with van der Waals surface area (Å²) in [5.74, 6) is -0.354. The zero-order valence-corrected chi connectivity index (χ0v) is 13.0. The van der Waals surface area contributed by atoms with Gasteiger partial charge in [-0.05, 0) is 35.4 Å². The number of carbonyl (C=O) groups excluding carboxylic acids is 1. The number of thiophene rings is 1. The van der Waals surface area contributed by atoms with Gasteiger partial charge in [0.25, 0.3) is 0 Å². The molecule has 1 aromatic heterocycles. The molecule has 1 heterocycles. The normalized spacial score (nSPS) is 10.0. The summed E-state index contributed by atoms with van der Waals surface area (Å²) in [5, 5.41) is 8.91. The van der Waals surface area contributed by atoms with Crippen molar-refractivity contribution in [2.75, 3.05) is 0 Å². The zero-order chi connectivity index (χ0) is 16.1. The molecular weight excluding hydrogens is 306 g/mol. The fraction of sp³-hybridized carbons (Fsp3) is 0.0526. The van der Waals surface area contributed by atoms with Crippen LogP contribution in [0.1, 0.15) is 20.8 Å². The highest BCUT2D eigenvalue weighted by molar-refractivity contribution is 7.16. The van der Waals surface area contributed by atoms with Gasteiger partial charge in [0.1, 0.15) is 17.6 Å². The van der Waals surface area contributed by atoms with Crippen LogP contribution in [0.2, 0.25) is 0 Å². The minimum absolute atomic E-state index is 0.251. The van der Waals surface area contributed by atoms with Crippen molar-refractivity contribution in [2.24, 2.45) is 0 Å². The van der Waals surface area contributed by atoms with E-state index in [9.17, 15) is 4.79 Å². The first-order chi connectivity index (χ1) is 11.3. The molecule has 3 aromatic rings. The fourth-order valence-corrected chi connectivity index (χ4v) is 2.96. The number of esters is 1. The maximum Gasteiger partial charge on any atom is 0.338 e. The third-order valence-corrected chi connectivity index (χ3v) is 4.35. The van der Waals surface area contributed by atoms with E-state index in [1.807, 2.05) is 48.5 Å². The van der Waals surface area contributed by atoms with E-state index in [4.69, 9.17) is 10.00 Å². The molecule has 0 spiro atoms. The Morgan fingerprint density at radius 1 is 1.04 bits per heavy atom. The number of hydrogen-bond acceptors (Lipinski definition) is 4. The third-order valence-electron chi connectivity index (χ3n) is 3.31. The highest BCUT2D eigenvalue weighted by Crippen LogP contribution is 2.28. The van der Waals surface area contributed by atoms with Crippen molar-refractivity contribution in [1.29, 1.82) is 5.26 Å². The van der Waals surface area contributed by atoms with Crippen LogP contribution >= 0.6 is 11.3 Å². The summed E-state index contributed by atoms with van der Waals surface area (Å²) < 4.78 is 5.34. The highest BCUT2D eigenvalue weighted by atomic mass is 32.1. The lowest BCUT2D eigenvalue weighted by Gasteiger charge is -2.06. The van der Waals surface area contributed by atoms with Crippen molar-refractivity contribution in [2.45, 2.75) is 6.61 Å². The Morgan fingerprint density at radius 2 is 1.87 bits per heavy atom. The first kappa shape index (κ1) is 15.0. The average molecular weight is 319 g/mol. The number of nitriles is 1. The van der Waals surface area contributed by atoms with Crippen LogP contribution in [-0.4, -0.2) is 5.97 Å². The predicted molar refractivity (Wildman–Crippen MR) is 90.0 cm³/mol. The minimum Gasteiger partial charge on any atom is -0.457 e. The Bertz CT molecular complexity index is 862. The molecule has 4 heteroatoms. The second-order valence-corrected chi connectivity index (χ2v) is 6.00. The lowest BCUT2D eigenvalue weighted by Crippen LogP contribution is -2.05. The average Bonchev–Trinajstić information content (AvgIpc) is 3.10. The molecule has 0 aliphatic carbocycles. The molecule has 0 aliphatic heterocycles. The molecule has 0 saturated heterocycles. The molecule has 0 saturated carbocycles. The number of benzene rings is 2. The Morgan fingerprint density at radius 3 is 2.61 bits per heavy atom. The number of carbonyl (C=O) groups is 1. The van der Waals surface area contributed by atoms with E-state index in [1.165, 1.54) is 11.3 Å². The molecule has 3 nitrogen and oxygen atoms in total. The largest absolute Gasteiger partial charge is 0.457 e. The Kier molecular flexibility index (Phi) is 4.51. The van der Waals surface area contributed by atoms with Gasteiger partial charge in [-0.25, -0.2) is 4.79 Å². The topological polar surface area (TPSA) is 50.1 Å².